The summed E-state index contributed by atoms with van der Waals surface area (Å²) in [4.78, 5) is 24.2. The van der Waals surface area contributed by atoms with Gasteiger partial charge in [0.05, 0.1) is 13.0 Å². The van der Waals surface area contributed by atoms with Crippen molar-refractivity contribution in [1.29, 1.82) is 0 Å². The van der Waals surface area contributed by atoms with Crippen molar-refractivity contribution in [2.45, 2.75) is 39.5 Å². The summed E-state index contributed by atoms with van der Waals surface area (Å²) in [5, 5.41) is 5.56. The number of hydrogen-bond acceptors (Lipinski definition) is 2. The number of rotatable bonds is 5. The fraction of sp³-hybridized carbons (Fsp3) is 0.333. The average molecular weight is 338 g/mol. The first-order valence-electron chi connectivity index (χ1n) is 8.47. The molecule has 0 saturated carbocycles. The van der Waals surface area contributed by atoms with E-state index in [0.717, 1.165) is 22.4 Å². The summed E-state index contributed by atoms with van der Waals surface area (Å²) >= 11 is 0. The lowest BCUT2D eigenvalue weighted by Gasteiger charge is -2.23. The molecule has 0 spiro atoms. The number of nitrogens with one attached hydrogen (secondary N) is 2. The Bertz CT molecular complexity index is 743. The van der Waals surface area contributed by atoms with Crippen LogP contribution >= 0.6 is 0 Å². The second kappa shape index (κ2) is 7.97. The van der Waals surface area contributed by atoms with Crippen LogP contribution in [0.5, 0.6) is 0 Å². The second-order valence-electron chi connectivity index (χ2n) is 7.28. The third-order valence-electron chi connectivity index (χ3n) is 3.94. The van der Waals surface area contributed by atoms with Gasteiger partial charge in [-0.2, -0.15) is 0 Å². The summed E-state index contributed by atoms with van der Waals surface area (Å²) in [7, 11) is 0. The van der Waals surface area contributed by atoms with Crippen molar-refractivity contribution in [2.75, 3.05) is 11.9 Å². The van der Waals surface area contributed by atoms with E-state index in [4.69, 9.17) is 0 Å². The Morgan fingerprint density at radius 1 is 0.920 bits per heavy atom. The summed E-state index contributed by atoms with van der Waals surface area (Å²) in [5.74, 6) is -0.392. The molecule has 0 heterocycles. The van der Waals surface area contributed by atoms with Crippen LogP contribution in [0.4, 0.5) is 5.69 Å². The molecule has 4 heteroatoms. The van der Waals surface area contributed by atoms with Crippen LogP contribution in [-0.2, 0) is 21.4 Å². The minimum atomic E-state index is -0.228. The zero-order valence-corrected chi connectivity index (χ0v) is 15.3. The Kier molecular flexibility index (Phi) is 5.97. The molecule has 0 aliphatic rings. The number of amides is 2. The minimum absolute atomic E-state index is 0.0385. The van der Waals surface area contributed by atoms with E-state index in [9.17, 15) is 9.59 Å². The van der Waals surface area contributed by atoms with Gasteiger partial charge in [-0.3, -0.25) is 9.59 Å². The summed E-state index contributed by atoms with van der Waals surface area (Å²) in [6, 6.07) is 15.5. The SMILES string of the molecule is Cc1ccc(CC(=O)NCC(=O)Nc2ccccc2C(C)(C)C)cc1. The molecule has 2 aromatic rings. The molecule has 2 N–H and O–H groups in total. The lowest BCUT2D eigenvalue weighted by Crippen LogP contribution is -2.34. The molecule has 0 bridgehead atoms. The smallest absolute Gasteiger partial charge is 0.243 e. The highest BCUT2D eigenvalue weighted by Gasteiger charge is 2.18. The van der Waals surface area contributed by atoms with Gasteiger partial charge >= 0.3 is 0 Å². The van der Waals surface area contributed by atoms with Crippen LogP contribution in [0.2, 0.25) is 0 Å². The maximum Gasteiger partial charge on any atom is 0.243 e. The van der Waals surface area contributed by atoms with Gasteiger partial charge < -0.3 is 10.6 Å². The van der Waals surface area contributed by atoms with Gasteiger partial charge in [0, 0.05) is 5.69 Å². The lowest BCUT2D eigenvalue weighted by molar-refractivity contribution is -0.123. The fourth-order valence-electron chi connectivity index (χ4n) is 2.57. The highest BCUT2D eigenvalue weighted by Crippen LogP contribution is 2.29. The predicted octanol–water partition coefficient (Wildman–Crippen LogP) is 3.59. The first kappa shape index (κ1) is 18.7. The first-order valence-corrected chi connectivity index (χ1v) is 8.47. The quantitative estimate of drug-likeness (QED) is 0.875. The van der Waals surface area contributed by atoms with Gasteiger partial charge in [0.2, 0.25) is 11.8 Å². The van der Waals surface area contributed by atoms with E-state index in [1.807, 2.05) is 55.5 Å². The molecule has 2 aromatic carbocycles. The van der Waals surface area contributed by atoms with Gasteiger partial charge in [-0.1, -0.05) is 68.8 Å². The number of anilines is 1. The normalized spacial score (nSPS) is 11.0. The molecule has 0 aliphatic carbocycles. The molecule has 2 amide bonds. The van der Waals surface area contributed by atoms with E-state index < -0.39 is 0 Å². The average Bonchev–Trinajstić information content (AvgIpc) is 2.55. The van der Waals surface area contributed by atoms with Crippen LogP contribution in [-0.4, -0.2) is 18.4 Å². The predicted molar refractivity (Wildman–Crippen MR) is 102 cm³/mol. The summed E-state index contributed by atoms with van der Waals surface area (Å²) in [6.07, 6.45) is 0.270. The van der Waals surface area contributed by atoms with Crippen molar-refractivity contribution in [3.8, 4) is 0 Å². The van der Waals surface area contributed by atoms with Crippen LogP contribution in [0.15, 0.2) is 48.5 Å². The molecular weight excluding hydrogens is 312 g/mol. The molecule has 0 saturated heterocycles. The standard InChI is InChI=1S/C21H26N2O2/c1-15-9-11-16(12-10-15)13-19(24)22-14-20(25)23-18-8-6-5-7-17(18)21(2,3)4/h5-12H,13-14H2,1-4H3,(H,22,24)(H,23,25). The zero-order valence-electron chi connectivity index (χ0n) is 15.3. The maximum atomic E-state index is 12.2. The van der Waals surface area contributed by atoms with Crippen LogP contribution in [0, 0.1) is 6.92 Å². The molecule has 0 atom stereocenters. The molecule has 2 rings (SSSR count). The summed E-state index contributed by atoms with van der Waals surface area (Å²) in [6.45, 7) is 8.26. The zero-order chi connectivity index (χ0) is 18.4. The van der Waals surface area contributed by atoms with E-state index in [2.05, 4.69) is 31.4 Å². The van der Waals surface area contributed by atoms with E-state index in [-0.39, 0.29) is 30.2 Å². The Balaban J connectivity index is 1.89. The molecule has 25 heavy (non-hydrogen) atoms. The summed E-state index contributed by atoms with van der Waals surface area (Å²) < 4.78 is 0. The number of carbonyl (C=O) groups is 2. The van der Waals surface area contributed by atoms with Crippen molar-refractivity contribution >= 4 is 17.5 Å². The summed E-state index contributed by atoms with van der Waals surface area (Å²) in [5.41, 5.74) is 3.86. The van der Waals surface area contributed by atoms with Crippen molar-refractivity contribution in [3.05, 3.63) is 65.2 Å². The first-order chi connectivity index (χ1) is 11.8. The Morgan fingerprint density at radius 3 is 2.20 bits per heavy atom. The van der Waals surface area contributed by atoms with Gasteiger partial charge in [0.25, 0.3) is 0 Å². The Labute approximate surface area is 149 Å². The number of aryl methyl sites for hydroxylation is 1. The molecule has 4 nitrogen and oxygen atoms in total. The van der Waals surface area contributed by atoms with E-state index in [1.54, 1.807) is 0 Å². The van der Waals surface area contributed by atoms with Crippen LogP contribution < -0.4 is 10.6 Å². The third kappa shape index (κ3) is 5.75. The molecule has 0 fully saturated rings. The van der Waals surface area contributed by atoms with E-state index >= 15 is 0 Å². The van der Waals surface area contributed by atoms with Crippen molar-refractivity contribution in [1.82, 2.24) is 5.32 Å². The van der Waals surface area contributed by atoms with Gasteiger partial charge in [0.15, 0.2) is 0 Å². The lowest BCUT2D eigenvalue weighted by atomic mass is 9.86. The highest BCUT2D eigenvalue weighted by atomic mass is 16.2. The maximum absolute atomic E-state index is 12.2. The molecule has 132 valence electrons. The van der Waals surface area contributed by atoms with Crippen LogP contribution in [0.3, 0.4) is 0 Å². The minimum Gasteiger partial charge on any atom is -0.347 e. The number of para-hydroxylation sites is 1. The Morgan fingerprint density at radius 2 is 1.56 bits per heavy atom. The monoisotopic (exact) mass is 338 g/mol. The van der Waals surface area contributed by atoms with E-state index in [1.165, 1.54) is 0 Å². The Hall–Kier alpha value is -2.62. The van der Waals surface area contributed by atoms with Crippen LogP contribution in [0.25, 0.3) is 0 Å². The number of carbonyl (C=O) groups excluding carboxylic acids is 2. The largest absolute Gasteiger partial charge is 0.347 e. The molecule has 0 radical (unpaired) electrons. The van der Waals surface area contributed by atoms with Crippen molar-refractivity contribution < 1.29 is 9.59 Å². The van der Waals surface area contributed by atoms with Crippen molar-refractivity contribution in [3.63, 3.8) is 0 Å². The molecule has 0 unspecified atom stereocenters. The van der Waals surface area contributed by atoms with Gasteiger partial charge in [-0.15, -0.1) is 0 Å². The highest BCUT2D eigenvalue weighted by molar-refractivity contribution is 5.95. The van der Waals surface area contributed by atoms with Gasteiger partial charge in [-0.05, 0) is 29.5 Å². The molecular formula is C21H26N2O2. The van der Waals surface area contributed by atoms with E-state index in [0.29, 0.717) is 0 Å². The molecule has 0 aliphatic heterocycles. The van der Waals surface area contributed by atoms with Crippen molar-refractivity contribution in [2.24, 2.45) is 0 Å². The van der Waals surface area contributed by atoms with Gasteiger partial charge in [-0.25, -0.2) is 0 Å². The van der Waals surface area contributed by atoms with Gasteiger partial charge in [0.1, 0.15) is 0 Å². The number of benzene rings is 2. The molecule has 0 aromatic heterocycles. The van der Waals surface area contributed by atoms with Crippen LogP contribution in [0.1, 0.15) is 37.5 Å². The second-order valence-corrected chi connectivity index (χ2v) is 7.28. The third-order valence-corrected chi connectivity index (χ3v) is 3.94. The fourth-order valence-corrected chi connectivity index (χ4v) is 2.57. The number of hydrogen-bond donors (Lipinski definition) is 2. The topological polar surface area (TPSA) is 58.2 Å².